The van der Waals surface area contributed by atoms with E-state index >= 15 is 0 Å². The van der Waals surface area contributed by atoms with Gasteiger partial charge in [-0.15, -0.1) is 0 Å². The van der Waals surface area contributed by atoms with Crippen molar-refractivity contribution < 1.29 is 4.79 Å². The first-order valence-electron chi connectivity index (χ1n) is 8.20. The van der Waals surface area contributed by atoms with E-state index in [2.05, 4.69) is 15.1 Å². The van der Waals surface area contributed by atoms with Crippen molar-refractivity contribution in [2.45, 2.75) is 20.4 Å². The van der Waals surface area contributed by atoms with E-state index in [1.807, 2.05) is 68.6 Å². The molecule has 0 aliphatic heterocycles. The van der Waals surface area contributed by atoms with Crippen LogP contribution in [0.3, 0.4) is 0 Å². The van der Waals surface area contributed by atoms with Gasteiger partial charge in [-0.05, 0) is 29.7 Å². The number of aromatic nitrogens is 1. The van der Waals surface area contributed by atoms with E-state index in [4.69, 9.17) is 11.6 Å². The monoisotopic (exact) mass is 353 g/mol. The normalized spacial score (nSPS) is 11.5. The van der Waals surface area contributed by atoms with Gasteiger partial charge < -0.3 is 4.57 Å². The summed E-state index contributed by atoms with van der Waals surface area (Å²) >= 11 is 5.95. The third-order valence-corrected chi connectivity index (χ3v) is 4.09. The van der Waals surface area contributed by atoms with Gasteiger partial charge in [-0.2, -0.15) is 5.10 Å². The number of amides is 1. The lowest BCUT2D eigenvalue weighted by Crippen LogP contribution is -2.17. The number of rotatable bonds is 5. The Morgan fingerprint density at radius 1 is 1.20 bits per heavy atom. The van der Waals surface area contributed by atoms with Crippen LogP contribution in [0.5, 0.6) is 0 Å². The zero-order chi connectivity index (χ0) is 17.8. The second kappa shape index (κ2) is 7.53. The topological polar surface area (TPSA) is 46.4 Å². The van der Waals surface area contributed by atoms with E-state index in [9.17, 15) is 4.79 Å². The predicted molar refractivity (Wildman–Crippen MR) is 103 cm³/mol. The minimum Gasteiger partial charge on any atom is -0.342 e. The molecule has 0 atom stereocenters. The smallest absolute Gasteiger partial charge is 0.273 e. The number of para-hydroxylation sites is 1. The summed E-state index contributed by atoms with van der Waals surface area (Å²) in [4.78, 5) is 12.5. The Morgan fingerprint density at radius 2 is 1.92 bits per heavy atom. The highest BCUT2D eigenvalue weighted by molar-refractivity contribution is 6.30. The number of nitrogens with zero attached hydrogens (tertiary/aromatic N) is 2. The molecule has 0 fully saturated rings. The lowest BCUT2D eigenvalue weighted by Gasteiger charge is -2.05. The number of carbonyl (C=O) groups is 1. The molecule has 3 rings (SSSR count). The number of nitrogens with one attached hydrogen (secondary N) is 1. The first kappa shape index (κ1) is 17.2. The Hall–Kier alpha value is -2.59. The van der Waals surface area contributed by atoms with E-state index < -0.39 is 0 Å². The van der Waals surface area contributed by atoms with Gasteiger partial charge in [0.25, 0.3) is 5.91 Å². The molecule has 4 nitrogen and oxygen atoms in total. The summed E-state index contributed by atoms with van der Waals surface area (Å²) in [6.45, 7) is 4.68. The fourth-order valence-corrected chi connectivity index (χ4v) is 2.78. The van der Waals surface area contributed by atoms with Crippen molar-refractivity contribution in [3.05, 3.63) is 70.9 Å². The molecular formula is C20H20ClN3O. The standard InChI is InChI=1S/C20H20ClN3O/c1-14(2)11-22-23-20(25)18-13-24(19-6-4-3-5-17(18)19)12-15-7-9-16(21)10-8-15/h3-11,13-14H,12H2,1-2H3,(H,23,25)/b22-11+. The molecule has 0 unspecified atom stereocenters. The summed E-state index contributed by atoms with van der Waals surface area (Å²) in [6.07, 6.45) is 3.59. The quantitative estimate of drug-likeness (QED) is 0.523. The number of hydrazone groups is 1. The second-order valence-corrected chi connectivity index (χ2v) is 6.71. The number of fused-ring (bicyclic) bond motifs is 1. The van der Waals surface area contributed by atoms with Crippen LogP contribution in [0.1, 0.15) is 29.8 Å². The zero-order valence-electron chi connectivity index (χ0n) is 14.2. The zero-order valence-corrected chi connectivity index (χ0v) is 15.0. The highest BCUT2D eigenvalue weighted by atomic mass is 35.5. The minimum absolute atomic E-state index is 0.206. The largest absolute Gasteiger partial charge is 0.342 e. The molecule has 3 aromatic rings. The van der Waals surface area contributed by atoms with Gasteiger partial charge in [0, 0.05) is 34.9 Å². The number of hydrogen-bond acceptors (Lipinski definition) is 2. The van der Waals surface area contributed by atoms with Crippen LogP contribution >= 0.6 is 11.6 Å². The molecule has 128 valence electrons. The Bertz CT molecular complexity index is 910. The summed E-state index contributed by atoms with van der Waals surface area (Å²) in [5.74, 6) is 0.0782. The third kappa shape index (κ3) is 4.09. The van der Waals surface area contributed by atoms with Crippen molar-refractivity contribution in [2.24, 2.45) is 11.0 Å². The average molecular weight is 354 g/mol. The molecule has 0 bridgehead atoms. The van der Waals surface area contributed by atoms with Crippen LogP contribution in [0.15, 0.2) is 59.8 Å². The van der Waals surface area contributed by atoms with Gasteiger partial charge in [0.05, 0.1) is 5.56 Å². The van der Waals surface area contributed by atoms with Gasteiger partial charge in [-0.1, -0.05) is 55.8 Å². The van der Waals surface area contributed by atoms with Gasteiger partial charge in [0.15, 0.2) is 0 Å². The van der Waals surface area contributed by atoms with Crippen molar-refractivity contribution in [1.29, 1.82) is 0 Å². The molecule has 0 saturated heterocycles. The van der Waals surface area contributed by atoms with Gasteiger partial charge in [-0.25, -0.2) is 5.43 Å². The van der Waals surface area contributed by atoms with E-state index in [-0.39, 0.29) is 11.8 Å². The third-order valence-electron chi connectivity index (χ3n) is 3.84. The maximum Gasteiger partial charge on any atom is 0.273 e. The van der Waals surface area contributed by atoms with Crippen LogP contribution in [0, 0.1) is 5.92 Å². The molecule has 1 N–H and O–H groups in total. The van der Waals surface area contributed by atoms with Crippen molar-refractivity contribution in [3.8, 4) is 0 Å². The summed E-state index contributed by atoms with van der Waals surface area (Å²) < 4.78 is 2.07. The molecule has 0 aliphatic carbocycles. The molecule has 1 aromatic heterocycles. The lowest BCUT2D eigenvalue weighted by atomic mass is 10.1. The molecule has 2 aromatic carbocycles. The molecule has 0 spiro atoms. The maximum atomic E-state index is 12.5. The molecule has 1 heterocycles. The first-order valence-corrected chi connectivity index (χ1v) is 8.58. The highest BCUT2D eigenvalue weighted by Crippen LogP contribution is 2.23. The van der Waals surface area contributed by atoms with Gasteiger partial charge in [0.2, 0.25) is 0 Å². The number of halogens is 1. The van der Waals surface area contributed by atoms with Gasteiger partial charge in [-0.3, -0.25) is 4.79 Å². The summed E-state index contributed by atoms with van der Waals surface area (Å²) in [5, 5.41) is 5.63. The van der Waals surface area contributed by atoms with Crippen LogP contribution in [0.4, 0.5) is 0 Å². The summed E-state index contributed by atoms with van der Waals surface area (Å²) in [6, 6.07) is 15.6. The van der Waals surface area contributed by atoms with Crippen molar-refractivity contribution in [3.63, 3.8) is 0 Å². The van der Waals surface area contributed by atoms with E-state index in [0.29, 0.717) is 17.1 Å². The average Bonchev–Trinajstić information content (AvgIpc) is 2.95. The van der Waals surface area contributed by atoms with Crippen molar-refractivity contribution in [1.82, 2.24) is 9.99 Å². The fourth-order valence-electron chi connectivity index (χ4n) is 2.65. The molecule has 1 amide bonds. The van der Waals surface area contributed by atoms with E-state index in [1.54, 1.807) is 6.21 Å². The van der Waals surface area contributed by atoms with E-state index in [1.165, 1.54) is 0 Å². The number of hydrogen-bond donors (Lipinski definition) is 1. The fraction of sp³-hybridized carbons (Fsp3) is 0.200. The lowest BCUT2D eigenvalue weighted by molar-refractivity contribution is 0.0956. The van der Waals surface area contributed by atoms with Gasteiger partial charge in [0.1, 0.15) is 0 Å². The summed E-state index contributed by atoms with van der Waals surface area (Å²) in [5.41, 5.74) is 5.35. The van der Waals surface area contributed by atoms with Crippen LogP contribution in [-0.4, -0.2) is 16.7 Å². The SMILES string of the molecule is CC(C)/C=N/NC(=O)c1cn(Cc2ccc(Cl)cc2)c2ccccc12. The molecule has 5 heteroatoms. The van der Waals surface area contributed by atoms with Gasteiger partial charge >= 0.3 is 0 Å². The molecule has 0 aliphatic rings. The first-order chi connectivity index (χ1) is 12.0. The second-order valence-electron chi connectivity index (χ2n) is 6.28. The van der Waals surface area contributed by atoms with Crippen LogP contribution in [0.2, 0.25) is 5.02 Å². The van der Waals surface area contributed by atoms with Crippen LogP contribution < -0.4 is 5.43 Å². The molecule has 25 heavy (non-hydrogen) atoms. The molecule has 0 saturated carbocycles. The Morgan fingerprint density at radius 3 is 2.64 bits per heavy atom. The number of carbonyl (C=O) groups excluding carboxylic acids is 1. The van der Waals surface area contributed by atoms with Crippen molar-refractivity contribution in [2.75, 3.05) is 0 Å². The Kier molecular flexibility index (Phi) is 5.19. The Balaban J connectivity index is 1.92. The maximum absolute atomic E-state index is 12.5. The van der Waals surface area contributed by atoms with Crippen molar-refractivity contribution >= 4 is 34.6 Å². The number of benzene rings is 2. The highest BCUT2D eigenvalue weighted by Gasteiger charge is 2.14. The minimum atomic E-state index is -0.206. The van der Waals surface area contributed by atoms with Crippen LogP contribution in [-0.2, 0) is 6.54 Å². The predicted octanol–water partition coefficient (Wildman–Crippen LogP) is 4.71. The van der Waals surface area contributed by atoms with E-state index in [0.717, 1.165) is 16.5 Å². The Labute approximate surface area is 152 Å². The molecular weight excluding hydrogens is 334 g/mol. The molecule has 0 radical (unpaired) electrons. The summed E-state index contributed by atoms with van der Waals surface area (Å²) in [7, 11) is 0. The van der Waals surface area contributed by atoms with Crippen LogP contribution in [0.25, 0.3) is 10.9 Å².